The Morgan fingerprint density at radius 2 is 2.11 bits per heavy atom. The van der Waals surface area contributed by atoms with Crippen LogP contribution in [0.1, 0.15) is 43.2 Å². The summed E-state index contributed by atoms with van der Waals surface area (Å²) in [4.78, 5) is 0. The molecule has 0 aromatic heterocycles. The van der Waals surface area contributed by atoms with Crippen molar-refractivity contribution in [2.24, 2.45) is 5.92 Å². The van der Waals surface area contributed by atoms with E-state index in [2.05, 4.69) is 30.4 Å². The smallest absolute Gasteiger partial charge is 0.122 e. The fourth-order valence-corrected chi connectivity index (χ4v) is 3.26. The fraction of sp³-hybridized carbons (Fsp3) is 0.625. The van der Waals surface area contributed by atoms with E-state index in [1.54, 1.807) is 0 Å². The lowest BCUT2D eigenvalue weighted by Crippen LogP contribution is -2.30. The second-order valence-electron chi connectivity index (χ2n) is 5.70. The van der Waals surface area contributed by atoms with E-state index in [1.165, 1.54) is 43.5 Å². The highest BCUT2D eigenvalue weighted by atomic mass is 16.5. The zero-order chi connectivity index (χ0) is 12.4. The molecule has 0 radical (unpaired) electrons. The average molecular weight is 245 g/mol. The van der Waals surface area contributed by atoms with Crippen molar-refractivity contribution >= 4 is 0 Å². The molecular weight excluding hydrogens is 222 g/mol. The average Bonchev–Trinajstić information content (AvgIpc) is 2.47. The Labute approximate surface area is 110 Å². The van der Waals surface area contributed by atoms with Crippen molar-refractivity contribution in [3.05, 3.63) is 29.3 Å². The largest absolute Gasteiger partial charge is 0.493 e. The molecule has 2 aliphatic rings. The van der Waals surface area contributed by atoms with Gasteiger partial charge < -0.3 is 10.1 Å². The van der Waals surface area contributed by atoms with E-state index in [4.69, 9.17) is 4.74 Å². The molecule has 98 valence electrons. The molecule has 1 unspecified atom stereocenters. The maximum Gasteiger partial charge on any atom is 0.122 e. The molecule has 0 spiro atoms. The lowest BCUT2D eigenvalue weighted by molar-refractivity contribution is 0.286. The van der Waals surface area contributed by atoms with Crippen LogP contribution in [0.5, 0.6) is 5.75 Å². The van der Waals surface area contributed by atoms with Crippen molar-refractivity contribution in [2.75, 3.05) is 19.7 Å². The summed E-state index contributed by atoms with van der Waals surface area (Å²) in [6.07, 6.45) is 4.95. The molecule has 0 bridgehead atoms. The van der Waals surface area contributed by atoms with Crippen LogP contribution < -0.4 is 10.1 Å². The second-order valence-corrected chi connectivity index (χ2v) is 5.70. The number of nitrogens with one attached hydrogen (secondary N) is 1. The topological polar surface area (TPSA) is 21.3 Å². The van der Waals surface area contributed by atoms with Gasteiger partial charge in [-0.15, -0.1) is 0 Å². The van der Waals surface area contributed by atoms with Gasteiger partial charge in [0.15, 0.2) is 0 Å². The van der Waals surface area contributed by atoms with Gasteiger partial charge in [0.25, 0.3) is 0 Å². The number of aryl methyl sites for hydroxylation is 1. The van der Waals surface area contributed by atoms with Crippen molar-refractivity contribution in [1.29, 1.82) is 0 Å². The van der Waals surface area contributed by atoms with E-state index >= 15 is 0 Å². The Balaban J connectivity index is 1.78. The van der Waals surface area contributed by atoms with Gasteiger partial charge in [0, 0.05) is 0 Å². The summed E-state index contributed by atoms with van der Waals surface area (Å²) in [5, 5.41) is 3.45. The molecule has 2 heterocycles. The number of ether oxygens (including phenoxy) is 1. The number of fused-ring (bicyclic) bond motifs is 1. The lowest BCUT2D eigenvalue weighted by Gasteiger charge is -2.29. The quantitative estimate of drug-likeness (QED) is 0.864. The van der Waals surface area contributed by atoms with Crippen LogP contribution in [0, 0.1) is 5.92 Å². The van der Waals surface area contributed by atoms with Gasteiger partial charge in [0.1, 0.15) is 5.75 Å². The number of rotatable bonds is 2. The van der Waals surface area contributed by atoms with E-state index in [1.807, 2.05) is 0 Å². The zero-order valence-corrected chi connectivity index (χ0v) is 11.2. The van der Waals surface area contributed by atoms with Crippen molar-refractivity contribution in [3.8, 4) is 5.75 Å². The first-order valence-electron chi connectivity index (χ1n) is 7.31. The molecule has 2 heteroatoms. The van der Waals surface area contributed by atoms with Gasteiger partial charge in [-0.05, 0) is 67.8 Å². The van der Waals surface area contributed by atoms with Crippen molar-refractivity contribution in [1.82, 2.24) is 5.32 Å². The molecule has 18 heavy (non-hydrogen) atoms. The number of piperidine rings is 1. The maximum absolute atomic E-state index is 5.79. The van der Waals surface area contributed by atoms with Crippen LogP contribution >= 0.6 is 0 Å². The van der Waals surface area contributed by atoms with E-state index in [0.717, 1.165) is 24.7 Å². The molecule has 1 aromatic rings. The summed E-state index contributed by atoms with van der Waals surface area (Å²) in [5.41, 5.74) is 2.85. The molecule has 0 aliphatic carbocycles. The normalized spacial score (nSPS) is 22.1. The molecule has 1 fully saturated rings. The molecule has 3 rings (SSSR count). The Morgan fingerprint density at radius 3 is 2.94 bits per heavy atom. The summed E-state index contributed by atoms with van der Waals surface area (Å²) in [7, 11) is 0. The minimum absolute atomic E-state index is 0.655. The highest BCUT2D eigenvalue weighted by molar-refractivity contribution is 5.40. The summed E-state index contributed by atoms with van der Waals surface area (Å²) < 4.78 is 5.79. The van der Waals surface area contributed by atoms with Crippen molar-refractivity contribution in [2.45, 2.75) is 38.5 Å². The van der Waals surface area contributed by atoms with Gasteiger partial charge in [-0.3, -0.25) is 0 Å². The second kappa shape index (κ2) is 5.31. The third-order valence-electron chi connectivity index (χ3n) is 4.56. The number of hydrogen-bond donors (Lipinski definition) is 1. The first kappa shape index (κ1) is 12.0. The van der Waals surface area contributed by atoms with Crippen LogP contribution in [0.2, 0.25) is 0 Å². The highest BCUT2D eigenvalue weighted by Gasteiger charge is 2.22. The summed E-state index contributed by atoms with van der Waals surface area (Å²) in [5.74, 6) is 2.62. The zero-order valence-electron chi connectivity index (χ0n) is 11.2. The monoisotopic (exact) mass is 245 g/mol. The van der Waals surface area contributed by atoms with Crippen molar-refractivity contribution in [3.63, 3.8) is 0 Å². The Kier molecular flexibility index (Phi) is 3.55. The van der Waals surface area contributed by atoms with E-state index in [-0.39, 0.29) is 0 Å². The van der Waals surface area contributed by atoms with Gasteiger partial charge >= 0.3 is 0 Å². The van der Waals surface area contributed by atoms with E-state index in [0.29, 0.717) is 5.92 Å². The summed E-state index contributed by atoms with van der Waals surface area (Å²) >= 11 is 0. The molecule has 1 N–H and O–H groups in total. The van der Waals surface area contributed by atoms with Gasteiger partial charge in [-0.25, -0.2) is 0 Å². The van der Waals surface area contributed by atoms with Gasteiger partial charge in [0.05, 0.1) is 6.61 Å². The SMILES string of the molecule is CC(c1ccc2c(c1)OCCC2)C1CCNCC1. The molecule has 0 amide bonds. The number of hydrogen-bond acceptors (Lipinski definition) is 2. The highest BCUT2D eigenvalue weighted by Crippen LogP contribution is 2.34. The fourth-order valence-electron chi connectivity index (χ4n) is 3.26. The maximum atomic E-state index is 5.79. The first-order chi connectivity index (χ1) is 8.84. The Bertz CT molecular complexity index is 410. The minimum Gasteiger partial charge on any atom is -0.493 e. The van der Waals surface area contributed by atoms with Crippen LogP contribution in [0.4, 0.5) is 0 Å². The summed E-state index contributed by atoms with van der Waals surface area (Å²) in [6.45, 7) is 5.62. The molecule has 1 saturated heterocycles. The molecule has 2 nitrogen and oxygen atoms in total. The minimum atomic E-state index is 0.655. The Hall–Kier alpha value is -1.02. The molecule has 1 aromatic carbocycles. The van der Waals surface area contributed by atoms with Crippen LogP contribution in [0.25, 0.3) is 0 Å². The Morgan fingerprint density at radius 1 is 1.28 bits per heavy atom. The predicted octanol–water partition coefficient (Wildman–Crippen LogP) is 3.11. The number of benzene rings is 1. The van der Waals surface area contributed by atoms with Crippen LogP contribution in [-0.2, 0) is 6.42 Å². The standard InChI is InChI=1S/C16H23NO/c1-12(13-6-8-17-9-7-13)15-5-4-14-3-2-10-18-16(14)11-15/h4-5,11-13,17H,2-3,6-10H2,1H3. The van der Waals surface area contributed by atoms with Crippen LogP contribution in [0.15, 0.2) is 18.2 Å². The van der Waals surface area contributed by atoms with Gasteiger partial charge in [-0.2, -0.15) is 0 Å². The van der Waals surface area contributed by atoms with E-state index in [9.17, 15) is 0 Å². The first-order valence-corrected chi connectivity index (χ1v) is 7.31. The van der Waals surface area contributed by atoms with Crippen LogP contribution in [-0.4, -0.2) is 19.7 Å². The predicted molar refractivity (Wildman–Crippen MR) is 74.3 cm³/mol. The lowest BCUT2D eigenvalue weighted by atomic mass is 9.81. The van der Waals surface area contributed by atoms with Crippen LogP contribution in [0.3, 0.4) is 0 Å². The molecule has 0 saturated carbocycles. The summed E-state index contributed by atoms with van der Waals surface area (Å²) in [6, 6.07) is 6.89. The van der Waals surface area contributed by atoms with Gasteiger partial charge in [-0.1, -0.05) is 19.1 Å². The molecule has 2 aliphatic heterocycles. The van der Waals surface area contributed by atoms with Gasteiger partial charge in [0.2, 0.25) is 0 Å². The third kappa shape index (κ3) is 2.39. The van der Waals surface area contributed by atoms with E-state index < -0.39 is 0 Å². The van der Waals surface area contributed by atoms with Crippen molar-refractivity contribution < 1.29 is 4.74 Å². The molecule has 1 atom stereocenters. The third-order valence-corrected chi connectivity index (χ3v) is 4.56. The molecular formula is C16H23NO.